The van der Waals surface area contributed by atoms with E-state index < -0.39 is 17.7 Å². The van der Waals surface area contributed by atoms with Crippen molar-refractivity contribution in [1.82, 2.24) is 19.7 Å². The molecule has 5 rings (SSSR count). The molecule has 0 amide bonds. The molecule has 0 N–H and O–H groups in total. The van der Waals surface area contributed by atoms with Crippen LogP contribution in [0.4, 0.5) is 19.0 Å². The van der Waals surface area contributed by atoms with Gasteiger partial charge in [0.2, 0.25) is 0 Å². The minimum atomic E-state index is -2.75. The fourth-order valence-electron chi connectivity index (χ4n) is 4.18. The van der Waals surface area contributed by atoms with E-state index in [9.17, 15) is 13.2 Å². The van der Waals surface area contributed by atoms with Crippen LogP contribution in [0.25, 0.3) is 33.9 Å². The molecule has 1 unspecified atom stereocenters. The molecule has 1 aromatic carbocycles. The molecular weight excluding hydrogens is 419 g/mol. The van der Waals surface area contributed by atoms with Gasteiger partial charge in [0, 0.05) is 31.8 Å². The number of fused-ring (bicyclic) bond motifs is 1. The molecule has 1 aliphatic rings. The molecule has 0 bridgehead atoms. The highest BCUT2D eigenvalue weighted by Gasteiger charge is 2.44. The summed E-state index contributed by atoms with van der Waals surface area (Å²) in [5, 5.41) is 5.06. The number of hydrogen-bond donors (Lipinski definition) is 0. The first kappa shape index (κ1) is 20.5. The lowest BCUT2D eigenvalue weighted by atomic mass is 10.1. The zero-order chi connectivity index (χ0) is 22.5. The van der Waals surface area contributed by atoms with Gasteiger partial charge in [-0.25, -0.2) is 27.8 Å². The first-order chi connectivity index (χ1) is 15.3. The number of halogens is 3. The van der Waals surface area contributed by atoms with Crippen molar-refractivity contribution in [3.05, 3.63) is 48.5 Å². The van der Waals surface area contributed by atoms with Crippen LogP contribution in [0.1, 0.15) is 19.3 Å². The number of aromatic nitrogens is 4. The summed E-state index contributed by atoms with van der Waals surface area (Å²) in [6.07, 6.45) is 2.23. The number of benzene rings is 1. The Hall–Kier alpha value is -3.36. The number of furan rings is 1. The minimum Gasteiger partial charge on any atom is -0.464 e. The summed E-state index contributed by atoms with van der Waals surface area (Å²) in [6.45, 7) is 0.00466. The fourth-order valence-corrected chi connectivity index (χ4v) is 4.18. The highest BCUT2D eigenvalue weighted by atomic mass is 19.3. The maximum absolute atomic E-state index is 14.4. The SMILES string of the molecule is CN(C)c1cccc(-c2nc(-c3coc4ccc(F)cc34)n(CC3CCCC3(F)F)n2)n1. The monoisotopic (exact) mass is 441 g/mol. The van der Waals surface area contributed by atoms with Gasteiger partial charge in [0.15, 0.2) is 11.6 Å². The summed E-state index contributed by atoms with van der Waals surface area (Å²) >= 11 is 0. The van der Waals surface area contributed by atoms with Crippen molar-refractivity contribution in [2.24, 2.45) is 5.92 Å². The van der Waals surface area contributed by atoms with Crippen molar-refractivity contribution in [3.63, 3.8) is 0 Å². The van der Waals surface area contributed by atoms with Crippen molar-refractivity contribution in [2.45, 2.75) is 31.7 Å². The first-order valence-electron chi connectivity index (χ1n) is 10.5. The topological polar surface area (TPSA) is 60.0 Å². The van der Waals surface area contributed by atoms with Crippen LogP contribution in [-0.2, 0) is 6.54 Å². The standard InChI is InChI=1S/C23H22F3N5O/c1-30(2)20-7-3-6-18(27-20)21-28-22(17-13-32-19-9-8-15(24)11-16(17)19)31(29-21)12-14-5-4-10-23(14,25)26/h3,6-9,11,13-14H,4-5,10,12H2,1-2H3. The van der Waals surface area contributed by atoms with Crippen LogP contribution in [0.15, 0.2) is 47.1 Å². The van der Waals surface area contributed by atoms with E-state index in [1.54, 1.807) is 6.07 Å². The van der Waals surface area contributed by atoms with E-state index in [-0.39, 0.29) is 13.0 Å². The summed E-state index contributed by atoms with van der Waals surface area (Å²) in [7, 11) is 3.75. The summed E-state index contributed by atoms with van der Waals surface area (Å²) in [5.74, 6) is -2.63. The van der Waals surface area contributed by atoms with Crippen molar-refractivity contribution in [2.75, 3.05) is 19.0 Å². The molecular formula is C23H22F3N5O. The van der Waals surface area contributed by atoms with E-state index in [1.807, 2.05) is 31.1 Å². The van der Waals surface area contributed by atoms with E-state index in [0.29, 0.717) is 46.7 Å². The molecule has 166 valence electrons. The quantitative estimate of drug-likeness (QED) is 0.415. The highest BCUT2D eigenvalue weighted by Crippen LogP contribution is 2.42. The van der Waals surface area contributed by atoms with E-state index in [0.717, 1.165) is 5.82 Å². The number of nitrogens with zero attached hydrogens (tertiary/aromatic N) is 5. The predicted molar refractivity (Wildman–Crippen MR) is 115 cm³/mol. The first-order valence-corrected chi connectivity index (χ1v) is 10.5. The third kappa shape index (κ3) is 3.61. The van der Waals surface area contributed by atoms with Crippen molar-refractivity contribution < 1.29 is 17.6 Å². The molecule has 4 aromatic rings. The molecule has 1 saturated carbocycles. The predicted octanol–water partition coefficient (Wildman–Crippen LogP) is 5.39. The second-order valence-corrected chi connectivity index (χ2v) is 8.36. The lowest BCUT2D eigenvalue weighted by molar-refractivity contribution is -0.0431. The van der Waals surface area contributed by atoms with Gasteiger partial charge in [-0.05, 0) is 43.2 Å². The maximum atomic E-state index is 14.4. The smallest absolute Gasteiger partial charge is 0.252 e. The lowest BCUT2D eigenvalue weighted by Crippen LogP contribution is -2.26. The number of pyridine rings is 1. The van der Waals surface area contributed by atoms with Gasteiger partial charge < -0.3 is 9.32 Å². The Morgan fingerprint density at radius 3 is 2.78 bits per heavy atom. The van der Waals surface area contributed by atoms with Crippen LogP contribution in [0.3, 0.4) is 0 Å². The van der Waals surface area contributed by atoms with Gasteiger partial charge in [0.05, 0.1) is 12.1 Å². The van der Waals surface area contributed by atoms with Crippen molar-refractivity contribution in [3.8, 4) is 22.9 Å². The molecule has 1 aliphatic carbocycles. The maximum Gasteiger partial charge on any atom is 0.252 e. The molecule has 3 heterocycles. The van der Waals surface area contributed by atoms with Gasteiger partial charge in [0.25, 0.3) is 5.92 Å². The molecule has 0 radical (unpaired) electrons. The summed E-state index contributed by atoms with van der Waals surface area (Å²) < 4.78 is 49.8. The summed E-state index contributed by atoms with van der Waals surface area (Å²) in [5.41, 5.74) is 1.51. The number of rotatable bonds is 5. The molecule has 6 nitrogen and oxygen atoms in total. The highest BCUT2D eigenvalue weighted by molar-refractivity contribution is 5.92. The third-order valence-corrected chi connectivity index (χ3v) is 5.92. The molecule has 32 heavy (non-hydrogen) atoms. The molecule has 0 aliphatic heterocycles. The normalized spacial score (nSPS) is 17.8. The second kappa shape index (κ2) is 7.65. The van der Waals surface area contributed by atoms with Crippen LogP contribution < -0.4 is 4.90 Å². The Labute approximate surface area is 182 Å². The average molecular weight is 441 g/mol. The number of alkyl halides is 2. The Morgan fingerprint density at radius 1 is 1.19 bits per heavy atom. The molecule has 9 heteroatoms. The van der Waals surface area contributed by atoms with E-state index in [2.05, 4.69) is 15.1 Å². The Balaban J connectivity index is 1.64. The molecule has 1 atom stereocenters. The van der Waals surface area contributed by atoms with Gasteiger partial charge in [0.1, 0.15) is 29.2 Å². The Morgan fingerprint density at radius 2 is 2.03 bits per heavy atom. The average Bonchev–Trinajstić information content (AvgIpc) is 3.45. The fraction of sp³-hybridized carbons (Fsp3) is 0.348. The minimum absolute atomic E-state index is 0.00466. The van der Waals surface area contributed by atoms with Gasteiger partial charge in [-0.3, -0.25) is 0 Å². The van der Waals surface area contributed by atoms with E-state index in [1.165, 1.54) is 29.1 Å². The number of anilines is 1. The van der Waals surface area contributed by atoms with Crippen LogP contribution >= 0.6 is 0 Å². The van der Waals surface area contributed by atoms with E-state index in [4.69, 9.17) is 4.42 Å². The largest absolute Gasteiger partial charge is 0.464 e. The number of hydrogen-bond acceptors (Lipinski definition) is 5. The Kier molecular flexibility index (Phi) is 4.91. The summed E-state index contributed by atoms with van der Waals surface area (Å²) in [6, 6.07) is 9.65. The van der Waals surface area contributed by atoms with Gasteiger partial charge >= 0.3 is 0 Å². The van der Waals surface area contributed by atoms with Crippen LogP contribution in [0.5, 0.6) is 0 Å². The van der Waals surface area contributed by atoms with Gasteiger partial charge in [-0.2, -0.15) is 0 Å². The zero-order valence-corrected chi connectivity index (χ0v) is 17.7. The second-order valence-electron chi connectivity index (χ2n) is 8.36. The van der Waals surface area contributed by atoms with Crippen molar-refractivity contribution in [1.29, 1.82) is 0 Å². The van der Waals surface area contributed by atoms with Crippen LogP contribution in [0.2, 0.25) is 0 Å². The molecule has 0 saturated heterocycles. The lowest BCUT2D eigenvalue weighted by Gasteiger charge is -2.19. The zero-order valence-electron chi connectivity index (χ0n) is 17.7. The summed E-state index contributed by atoms with van der Waals surface area (Å²) in [4.78, 5) is 11.1. The van der Waals surface area contributed by atoms with Crippen LogP contribution in [0, 0.1) is 11.7 Å². The molecule has 0 spiro atoms. The van der Waals surface area contributed by atoms with Crippen molar-refractivity contribution >= 4 is 16.8 Å². The van der Waals surface area contributed by atoms with Gasteiger partial charge in [-0.15, -0.1) is 5.10 Å². The van der Waals surface area contributed by atoms with E-state index >= 15 is 0 Å². The Bertz CT molecular complexity index is 1280. The molecule has 1 fully saturated rings. The third-order valence-electron chi connectivity index (χ3n) is 5.92. The molecule has 3 aromatic heterocycles. The van der Waals surface area contributed by atoms with Gasteiger partial charge in [-0.1, -0.05) is 6.07 Å². The van der Waals surface area contributed by atoms with Crippen LogP contribution in [-0.4, -0.2) is 39.8 Å².